The number of benzene rings is 1. The summed E-state index contributed by atoms with van der Waals surface area (Å²) in [5.74, 6) is 0.439. The van der Waals surface area contributed by atoms with Gasteiger partial charge in [0.1, 0.15) is 17.6 Å². The van der Waals surface area contributed by atoms with Crippen molar-refractivity contribution in [3.8, 4) is 22.7 Å². The van der Waals surface area contributed by atoms with E-state index in [1.165, 1.54) is 0 Å². The number of anilines is 1. The molecule has 2 N–H and O–H groups in total. The molecule has 3 aromatic rings. The van der Waals surface area contributed by atoms with Gasteiger partial charge in [-0.05, 0) is 38.4 Å². The van der Waals surface area contributed by atoms with Crippen molar-refractivity contribution in [3.63, 3.8) is 0 Å². The van der Waals surface area contributed by atoms with Crippen molar-refractivity contribution in [1.29, 1.82) is 0 Å². The fourth-order valence-electron chi connectivity index (χ4n) is 3.78. The van der Waals surface area contributed by atoms with Gasteiger partial charge in [-0.25, -0.2) is 14.4 Å². The average Bonchev–Trinajstić information content (AvgIpc) is 3.29. The lowest BCUT2D eigenvalue weighted by molar-refractivity contribution is 0.188. The van der Waals surface area contributed by atoms with Gasteiger partial charge in [0.15, 0.2) is 0 Å². The fourth-order valence-corrected chi connectivity index (χ4v) is 3.78. The van der Waals surface area contributed by atoms with Crippen LogP contribution in [0.4, 0.5) is 10.3 Å². The summed E-state index contributed by atoms with van der Waals surface area (Å²) in [6, 6.07) is 5.23. The first-order chi connectivity index (χ1) is 14.1. The smallest absolute Gasteiger partial charge is 0.245 e. The van der Waals surface area contributed by atoms with Gasteiger partial charge in [-0.3, -0.25) is 0 Å². The van der Waals surface area contributed by atoms with Gasteiger partial charge in [0.25, 0.3) is 0 Å². The van der Waals surface area contributed by atoms with Crippen LogP contribution in [0.15, 0.2) is 43.1 Å². The molecule has 3 atom stereocenters. The summed E-state index contributed by atoms with van der Waals surface area (Å²) in [7, 11) is 3.70. The molecule has 8 nitrogen and oxygen atoms in total. The van der Waals surface area contributed by atoms with Crippen LogP contribution in [0.25, 0.3) is 16.9 Å². The summed E-state index contributed by atoms with van der Waals surface area (Å²) in [5.41, 5.74) is 1.76. The van der Waals surface area contributed by atoms with E-state index in [1.54, 1.807) is 53.6 Å². The largest absolute Gasteiger partial charge is 0.507 e. The molecular weight excluding hydrogens is 373 g/mol. The van der Waals surface area contributed by atoms with Crippen LogP contribution < -0.4 is 10.2 Å². The summed E-state index contributed by atoms with van der Waals surface area (Å²) in [5, 5.41) is 22.0. The Hall–Kier alpha value is -3.07. The highest BCUT2D eigenvalue weighted by Gasteiger charge is 2.33. The first-order valence-electron chi connectivity index (χ1n) is 9.62. The van der Waals surface area contributed by atoms with Gasteiger partial charge in [0, 0.05) is 37.1 Å². The maximum Gasteiger partial charge on any atom is 0.245 e. The molecule has 29 heavy (non-hydrogen) atoms. The summed E-state index contributed by atoms with van der Waals surface area (Å²) >= 11 is 0. The van der Waals surface area contributed by atoms with E-state index in [0.717, 1.165) is 12.1 Å². The molecule has 0 radical (unpaired) electrons. The summed E-state index contributed by atoms with van der Waals surface area (Å²) in [6.45, 7) is 0. The van der Waals surface area contributed by atoms with Crippen LogP contribution >= 0.6 is 0 Å². The first-order valence-corrected chi connectivity index (χ1v) is 9.62. The van der Waals surface area contributed by atoms with Gasteiger partial charge in [0.2, 0.25) is 5.95 Å². The summed E-state index contributed by atoms with van der Waals surface area (Å²) in [6.07, 6.45) is 7.78. The molecule has 2 unspecified atom stereocenters. The third-order valence-electron chi connectivity index (χ3n) is 5.56. The molecule has 0 aliphatic heterocycles. The standard InChI is InChI=1S/C20H24FN7O/c1-22-13-3-6-16(21)18(9-13)27(2)20-24-11-17(25-26-20)15-5-4-14(10-19(15)29)28-8-7-23-12-28/h4-5,7-8,10-13,16,18,22,29H,3,6,9H2,1-2H3/t13?,16?,18-/m0/s1. The minimum atomic E-state index is -0.923. The first kappa shape index (κ1) is 19.3. The highest BCUT2D eigenvalue weighted by molar-refractivity contribution is 5.68. The maximum atomic E-state index is 14.5. The molecule has 2 heterocycles. The van der Waals surface area contributed by atoms with Crippen LogP contribution in [0.1, 0.15) is 19.3 Å². The van der Waals surface area contributed by atoms with E-state index >= 15 is 0 Å². The van der Waals surface area contributed by atoms with Crippen molar-refractivity contribution in [2.24, 2.45) is 0 Å². The number of halogens is 1. The second kappa shape index (κ2) is 8.12. The average molecular weight is 397 g/mol. The number of aromatic hydroxyl groups is 1. The van der Waals surface area contributed by atoms with E-state index in [4.69, 9.17) is 0 Å². The van der Waals surface area contributed by atoms with Crippen molar-refractivity contribution >= 4 is 5.95 Å². The Kier molecular flexibility index (Phi) is 5.39. The predicted octanol–water partition coefficient (Wildman–Crippen LogP) is 2.34. The SMILES string of the molecule is CNC1CCC(F)[C@@H](N(C)c2ncc(-c3ccc(-n4ccnc4)cc3O)nn2)C1. The number of alkyl halides is 1. The van der Waals surface area contributed by atoms with Crippen LogP contribution in [0, 0.1) is 0 Å². The normalized spacial score (nSPS) is 21.8. The number of imidazole rings is 1. The van der Waals surface area contributed by atoms with Crippen molar-refractivity contribution in [3.05, 3.63) is 43.1 Å². The number of hydrogen-bond acceptors (Lipinski definition) is 7. The molecule has 1 saturated carbocycles. The molecular formula is C20H24FN7O. The number of phenols is 1. The molecule has 0 amide bonds. The van der Waals surface area contributed by atoms with Gasteiger partial charge >= 0.3 is 0 Å². The Bertz CT molecular complexity index is 948. The van der Waals surface area contributed by atoms with E-state index in [2.05, 4.69) is 25.5 Å². The number of phenolic OH excluding ortho intramolecular Hbond substituents is 1. The zero-order chi connectivity index (χ0) is 20.4. The quantitative estimate of drug-likeness (QED) is 0.683. The number of aromatic nitrogens is 5. The van der Waals surface area contributed by atoms with E-state index in [9.17, 15) is 9.50 Å². The van der Waals surface area contributed by atoms with E-state index < -0.39 is 6.17 Å². The van der Waals surface area contributed by atoms with Crippen molar-refractivity contribution < 1.29 is 9.50 Å². The lowest BCUT2D eigenvalue weighted by Gasteiger charge is -2.37. The Balaban J connectivity index is 1.53. The Morgan fingerprint density at radius 3 is 2.79 bits per heavy atom. The molecule has 0 spiro atoms. The van der Waals surface area contributed by atoms with Gasteiger partial charge in [-0.1, -0.05) is 0 Å². The predicted molar refractivity (Wildman–Crippen MR) is 108 cm³/mol. The highest BCUT2D eigenvalue weighted by atomic mass is 19.1. The molecule has 1 aromatic carbocycles. The van der Waals surface area contributed by atoms with Gasteiger partial charge in [0.05, 0.1) is 24.3 Å². The zero-order valence-corrected chi connectivity index (χ0v) is 16.4. The van der Waals surface area contributed by atoms with Crippen LogP contribution in [-0.4, -0.2) is 62.2 Å². The Morgan fingerprint density at radius 2 is 2.14 bits per heavy atom. The Labute approximate surface area is 168 Å². The van der Waals surface area contributed by atoms with Crippen molar-refractivity contribution in [2.45, 2.75) is 37.5 Å². The zero-order valence-electron chi connectivity index (χ0n) is 16.4. The second-order valence-electron chi connectivity index (χ2n) is 7.31. The molecule has 9 heteroatoms. The van der Waals surface area contributed by atoms with E-state index in [0.29, 0.717) is 30.0 Å². The molecule has 4 rings (SSSR count). The molecule has 1 aliphatic carbocycles. The maximum absolute atomic E-state index is 14.5. The van der Waals surface area contributed by atoms with Gasteiger partial charge in [-0.15, -0.1) is 10.2 Å². The summed E-state index contributed by atoms with van der Waals surface area (Å²) in [4.78, 5) is 10.1. The van der Waals surface area contributed by atoms with E-state index in [-0.39, 0.29) is 17.8 Å². The number of nitrogens with one attached hydrogen (secondary N) is 1. The summed E-state index contributed by atoms with van der Waals surface area (Å²) < 4.78 is 16.3. The van der Waals surface area contributed by atoms with Gasteiger partial charge < -0.3 is 19.9 Å². The fraction of sp³-hybridized carbons (Fsp3) is 0.400. The number of hydrogen-bond donors (Lipinski definition) is 2. The topological polar surface area (TPSA) is 92.0 Å². The van der Waals surface area contributed by atoms with Crippen molar-refractivity contribution in [2.75, 3.05) is 19.0 Å². The monoisotopic (exact) mass is 397 g/mol. The van der Waals surface area contributed by atoms with Crippen LogP contribution in [0.5, 0.6) is 5.75 Å². The van der Waals surface area contributed by atoms with E-state index in [1.807, 2.05) is 13.1 Å². The molecule has 1 aliphatic rings. The third-order valence-corrected chi connectivity index (χ3v) is 5.56. The molecule has 1 fully saturated rings. The number of rotatable bonds is 5. The minimum Gasteiger partial charge on any atom is -0.507 e. The second-order valence-corrected chi connectivity index (χ2v) is 7.31. The molecule has 152 valence electrons. The molecule has 2 aromatic heterocycles. The lowest BCUT2D eigenvalue weighted by Crippen LogP contribution is -2.48. The van der Waals surface area contributed by atoms with Crippen LogP contribution in [0.2, 0.25) is 0 Å². The Morgan fingerprint density at radius 1 is 1.28 bits per heavy atom. The minimum absolute atomic E-state index is 0.0707. The molecule has 0 saturated heterocycles. The molecule has 0 bridgehead atoms. The van der Waals surface area contributed by atoms with Crippen molar-refractivity contribution in [1.82, 2.24) is 30.0 Å². The number of nitrogens with zero attached hydrogens (tertiary/aromatic N) is 6. The third kappa shape index (κ3) is 3.91. The van der Waals surface area contributed by atoms with Crippen LogP contribution in [0.3, 0.4) is 0 Å². The lowest BCUT2D eigenvalue weighted by atomic mass is 9.89. The van der Waals surface area contributed by atoms with Gasteiger partial charge in [-0.2, -0.15) is 0 Å². The van der Waals surface area contributed by atoms with Crippen LogP contribution in [-0.2, 0) is 0 Å². The highest BCUT2D eigenvalue weighted by Crippen LogP contribution is 2.30.